The molecule has 0 bridgehead atoms. The largest absolute Gasteiger partial charge is 0.491 e. The van der Waals surface area contributed by atoms with E-state index < -0.39 is 0 Å². The summed E-state index contributed by atoms with van der Waals surface area (Å²) in [5, 5.41) is 3.91. The minimum atomic E-state index is 0. The van der Waals surface area contributed by atoms with E-state index in [9.17, 15) is 0 Å². The molecule has 0 saturated heterocycles. The zero-order chi connectivity index (χ0) is 14.1. The summed E-state index contributed by atoms with van der Waals surface area (Å²) >= 11 is 6.18. The molecular weight excluding hydrogens is 301 g/mol. The Morgan fingerprint density at radius 1 is 1.25 bits per heavy atom. The van der Waals surface area contributed by atoms with E-state index in [1.807, 2.05) is 19.1 Å². The van der Waals surface area contributed by atoms with E-state index in [1.165, 1.54) is 0 Å². The van der Waals surface area contributed by atoms with Gasteiger partial charge in [-0.1, -0.05) is 11.6 Å². The lowest BCUT2D eigenvalue weighted by atomic mass is 10.2. The van der Waals surface area contributed by atoms with Crippen molar-refractivity contribution in [3.8, 4) is 11.5 Å². The van der Waals surface area contributed by atoms with E-state index in [4.69, 9.17) is 25.8 Å². The molecule has 20 heavy (non-hydrogen) atoms. The fraction of sp³-hybridized carbons (Fsp3) is 0.571. The molecular formula is C14H23Cl2NO3. The van der Waals surface area contributed by atoms with Gasteiger partial charge in [0.1, 0.15) is 0 Å². The van der Waals surface area contributed by atoms with Crippen LogP contribution in [0.1, 0.15) is 18.9 Å². The average Bonchev–Trinajstić information content (AvgIpc) is 2.39. The SMILES string of the molecule is CCOc1cc(CNCCCOC)cc(Cl)c1OC.Cl. The molecule has 0 aliphatic heterocycles. The second kappa shape index (κ2) is 11.0. The van der Waals surface area contributed by atoms with Gasteiger partial charge in [0.25, 0.3) is 0 Å². The first-order valence-corrected chi connectivity index (χ1v) is 6.79. The van der Waals surface area contributed by atoms with Gasteiger partial charge in [0.2, 0.25) is 0 Å². The smallest absolute Gasteiger partial charge is 0.179 e. The first kappa shape index (κ1) is 19.3. The molecule has 0 aliphatic carbocycles. The van der Waals surface area contributed by atoms with Gasteiger partial charge < -0.3 is 19.5 Å². The molecule has 6 heteroatoms. The van der Waals surface area contributed by atoms with E-state index in [1.54, 1.807) is 14.2 Å². The first-order valence-electron chi connectivity index (χ1n) is 6.41. The van der Waals surface area contributed by atoms with Gasteiger partial charge in [0.05, 0.1) is 18.7 Å². The number of hydrogen-bond donors (Lipinski definition) is 1. The van der Waals surface area contributed by atoms with Gasteiger partial charge in [-0.25, -0.2) is 0 Å². The van der Waals surface area contributed by atoms with Crippen molar-refractivity contribution in [2.75, 3.05) is 34.0 Å². The zero-order valence-corrected chi connectivity index (χ0v) is 13.8. The van der Waals surface area contributed by atoms with E-state index in [0.717, 1.165) is 31.7 Å². The summed E-state index contributed by atoms with van der Waals surface area (Å²) in [6.45, 7) is 4.93. The predicted octanol–water partition coefficient (Wildman–Crippen LogP) is 3.30. The predicted molar refractivity (Wildman–Crippen MR) is 84.6 cm³/mol. The van der Waals surface area contributed by atoms with Crippen LogP contribution in [0.4, 0.5) is 0 Å². The Kier molecular flexibility index (Phi) is 10.7. The summed E-state index contributed by atoms with van der Waals surface area (Å²) in [5.41, 5.74) is 1.08. The topological polar surface area (TPSA) is 39.7 Å². The van der Waals surface area contributed by atoms with Crippen molar-refractivity contribution in [3.05, 3.63) is 22.7 Å². The number of nitrogens with one attached hydrogen (secondary N) is 1. The average molecular weight is 324 g/mol. The maximum Gasteiger partial charge on any atom is 0.179 e. The molecule has 0 atom stereocenters. The highest BCUT2D eigenvalue weighted by Gasteiger charge is 2.11. The van der Waals surface area contributed by atoms with Gasteiger partial charge in [0.15, 0.2) is 11.5 Å². The normalized spacial score (nSPS) is 10.0. The van der Waals surface area contributed by atoms with Crippen LogP contribution in [0.3, 0.4) is 0 Å². The maximum atomic E-state index is 6.18. The molecule has 1 rings (SSSR count). The molecule has 0 aliphatic rings. The number of rotatable bonds is 9. The summed E-state index contributed by atoms with van der Waals surface area (Å²) in [7, 11) is 3.30. The molecule has 0 unspecified atom stereocenters. The Hall–Kier alpha value is -0.680. The van der Waals surface area contributed by atoms with Crippen LogP contribution in [0.15, 0.2) is 12.1 Å². The highest BCUT2D eigenvalue weighted by Crippen LogP contribution is 2.36. The fourth-order valence-corrected chi connectivity index (χ4v) is 2.07. The van der Waals surface area contributed by atoms with Gasteiger partial charge in [0, 0.05) is 20.3 Å². The minimum absolute atomic E-state index is 0. The van der Waals surface area contributed by atoms with Crippen molar-refractivity contribution in [1.29, 1.82) is 0 Å². The highest BCUT2D eigenvalue weighted by molar-refractivity contribution is 6.32. The van der Waals surface area contributed by atoms with Gasteiger partial charge in [-0.05, 0) is 37.6 Å². The van der Waals surface area contributed by atoms with Crippen molar-refractivity contribution in [2.24, 2.45) is 0 Å². The zero-order valence-electron chi connectivity index (χ0n) is 12.2. The number of methoxy groups -OCH3 is 2. The summed E-state index contributed by atoms with van der Waals surface area (Å²) in [6, 6.07) is 3.85. The first-order chi connectivity index (χ1) is 9.22. The Morgan fingerprint density at radius 3 is 2.60 bits per heavy atom. The van der Waals surface area contributed by atoms with Crippen LogP contribution in [-0.4, -0.2) is 34.0 Å². The van der Waals surface area contributed by atoms with Crippen LogP contribution in [0.5, 0.6) is 11.5 Å². The molecule has 1 aromatic rings. The third-order valence-electron chi connectivity index (χ3n) is 2.60. The molecule has 4 nitrogen and oxygen atoms in total. The summed E-state index contributed by atoms with van der Waals surface area (Å²) in [4.78, 5) is 0. The van der Waals surface area contributed by atoms with Crippen molar-refractivity contribution >= 4 is 24.0 Å². The van der Waals surface area contributed by atoms with Crippen LogP contribution in [0.25, 0.3) is 0 Å². The Bertz CT molecular complexity index is 389. The van der Waals surface area contributed by atoms with Crippen LogP contribution in [0.2, 0.25) is 5.02 Å². The fourth-order valence-electron chi connectivity index (χ4n) is 1.76. The third kappa shape index (κ3) is 6.18. The number of hydrogen-bond acceptors (Lipinski definition) is 4. The van der Waals surface area contributed by atoms with E-state index >= 15 is 0 Å². The minimum Gasteiger partial charge on any atom is -0.491 e. The molecule has 0 spiro atoms. The van der Waals surface area contributed by atoms with Crippen LogP contribution >= 0.6 is 24.0 Å². The van der Waals surface area contributed by atoms with Crippen molar-refractivity contribution in [2.45, 2.75) is 19.9 Å². The molecule has 0 radical (unpaired) electrons. The molecule has 1 N–H and O–H groups in total. The van der Waals surface area contributed by atoms with Crippen LogP contribution in [0, 0.1) is 0 Å². The van der Waals surface area contributed by atoms with E-state index in [2.05, 4.69) is 5.32 Å². The van der Waals surface area contributed by atoms with Gasteiger partial charge >= 0.3 is 0 Å². The van der Waals surface area contributed by atoms with E-state index in [0.29, 0.717) is 23.1 Å². The van der Waals surface area contributed by atoms with Crippen molar-refractivity contribution < 1.29 is 14.2 Å². The van der Waals surface area contributed by atoms with Crippen LogP contribution < -0.4 is 14.8 Å². The van der Waals surface area contributed by atoms with Gasteiger partial charge in [-0.2, -0.15) is 0 Å². The maximum absolute atomic E-state index is 6.18. The highest BCUT2D eigenvalue weighted by atomic mass is 35.5. The number of halogens is 2. The monoisotopic (exact) mass is 323 g/mol. The second-order valence-electron chi connectivity index (χ2n) is 4.07. The van der Waals surface area contributed by atoms with Gasteiger partial charge in [-0.3, -0.25) is 0 Å². The molecule has 0 fully saturated rings. The Labute approximate surface area is 132 Å². The quantitative estimate of drug-likeness (QED) is 0.708. The molecule has 0 saturated carbocycles. The van der Waals surface area contributed by atoms with Crippen LogP contribution in [-0.2, 0) is 11.3 Å². The standard InChI is InChI=1S/C14H22ClNO3.ClH/c1-4-19-13-9-11(8-12(15)14(13)18-3)10-16-6-5-7-17-2;/h8-9,16H,4-7,10H2,1-3H3;1H. The lowest BCUT2D eigenvalue weighted by Gasteiger charge is -2.13. The van der Waals surface area contributed by atoms with Crippen molar-refractivity contribution in [3.63, 3.8) is 0 Å². The molecule has 0 heterocycles. The summed E-state index contributed by atoms with van der Waals surface area (Å²) < 4.78 is 15.8. The van der Waals surface area contributed by atoms with Gasteiger partial charge in [-0.15, -0.1) is 12.4 Å². The molecule has 0 aromatic heterocycles. The molecule has 0 amide bonds. The summed E-state index contributed by atoms with van der Waals surface area (Å²) in [5.74, 6) is 1.28. The van der Waals surface area contributed by atoms with E-state index in [-0.39, 0.29) is 12.4 Å². The molecule has 1 aromatic carbocycles. The number of benzene rings is 1. The lowest BCUT2D eigenvalue weighted by Crippen LogP contribution is -2.16. The Balaban J connectivity index is 0.00000361. The van der Waals surface area contributed by atoms with Crippen molar-refractivity contribution in [1.82, 2.24) is 5.32 Å². The third-order valence-corrected chi connectivity index (χ3v) is 2.89. The summed E-state index contributed by atoms with van der Waals surface area (Å²) in [6.07, 6.45) is 0.985. The number of ether oxygens (including phenoxy) is 3. The molecule has 116 valence electrons. The second-order valence-corrected chi connectivity index (χ2v) is 4.47. The Morgan fingerprint density at radius 2 is 2.00 bits per heavy atom. The lowest BCUT2D eigenvalue weighted by molar-refractivity contribution is 0.194.